The van der Waals surface area contributed by atoms with E-state index in [1.165, 1.54) is 6.20 Å². The van der Waals surface area contributed by atoms with E-state index < -0.39 is 9.84 Å². The number of hydrogen-bond donors (Lipinski definition) is 0. The maximum atomic E-state index is 13.3. The third kappa shape index (κ3) is 3.67. The number of aryl methyl sites for hydroxylation is 2. The van der Waals surface area contributed by atoms with Gasteiger partial charge < -0.3 is 0 Å². The van der Waals surface area contributed by atoms with Gasteiger partial charge in [0.25, 0.3) is 0 Å². The SMILES string of the molecule is Cc1ccnc(-n2c3ccccc3c3ccc(-c4cccc(S(=O)(=O)c5cc(C)ccn5)c4)cc32)c1. The van der Waals surface area contributed by atoms with Gasteiger partial charge >= 0.3 is 0 Å². The first-order chi connectivity index (χ1) is 17.4. The predicted molar refractivity (Wildman–Crippen MR) is 143 cm³/mol. The normalized spacial score (nSPS) is 11.8. The molecule has 36 heavy (non-hydrogen) atoms. The van der Waals surface area contributed by atoms with E-state index in [1.807, 2.05) is 43.5 Å². The number of sulfone groups is 1. The third-order valence-corrected chi connectivity index (χ3v) is 8.10. The molecule has 0 saturated heterocycles. The van der Waals surface area contributed by atoms with Gasteiger partial charge in [0.2, 0.25) is 9.84 Å². The van der Waals surface area contributed by atoms with Crippen LogP contribution in [0.2, 0.25) is 0 Å². The van der Waals surface area contributed by atoms with Gasteiger partial charge in [-0.05, 0) is 84.6 Å². The first-order valence-corrected chi connectivity index (χ1v) is 13.1. The van der Waals surface area contributed by atoms with E-state index in [-0.39, 0.29) is 9.92 Å². The second kappa shape index (κ2) is 8.43. The maximum absolute atomic E-state index is 13.3. The number of para-hydroxylation sites is 1. The standard InChI is InChI=1S/C30H23N3O2S/c1-20-12-14-31-29(16-20)33-27-9-4-3-8-25(27)26-11-10-23(19-28(26)33)22-6-5-7-24(18-22)36(34,35)30-17-21(2)13-15-32-30/h3-19H,1-2H3. The Morgan fingerprint density at radius 3 is 2.17 bits per heavy atom. The molecule has 0 atom stereocenters. The monoisotopic (exact) mass is 489 g/mol. The van der Waals surface area contributed by atoms with Crippen LogP contribution in [0.5, 0.6) is 0 Å². The Bertz CT molecular complexity index is 1890. The highest BCUT2D eigenvalue weighted by atomic mass is 32.2. The van der Waals surface area contributed by atoms with Gasteiger partial charge in [0.1, 0.15) is 5.82 Å². The lowest BCUT2D eigenvalue weighted by Crippen LogP contribution is -2.04. The van der Waals surface area contributed by atoms with Crippen LogP contribution in [0.3, 0.4) is 0 Å². The molecule has 176 valence electrons. The zero-order chi connectivity index (χ0) is 24.9. The Balaban J connectivity index is 1.54. The number of rotatable bonds is 4. The summed E-state index contributed by atoms with van der Waals surface area (Å²) in [5, 5.41) is 2.32. The zero-order valence-corrected chi connectivity index (χ0v) is 20.7. The third-order valence-electron chi connectivity index (χ3n) is 6.45. The molecule has 0 bridgehead atoms. The lowest BCUT2D eigenvalue weighted by Gasteiger charge is -2.10. The van der Waals surface area contributed by atoms with Crippen LogP contribution in [-0.4, -0.2) is 23.0 Å². The summed E-state index contributed by atoms with van der Waals surface area (Å²) in [7, 11) is -3.74. The summed E-state index contributed by atoms with van der Waals surface area (Å²) in [4.78, 5) is 8.98. The molecular formula is C30H23N3O2S. The average Bonchev–Trinajstić information content (AvgIpc) is 3.22. The minimum Gasteiger partial charge on any atom is -0.294 e. The number of pyridine rings is 2. The van der Waals surface area contributed by atoms with Crippen molar-refractivity contribution in [3.05, 3.63) is 115 Å². The van der Waals surface area contributed by atoms with E-state index in [4.69, 9.17) is 0 Å². The smallest absolute Gasteiger partial charge is 0.223 e. The molecule has 3 aromatic heterocycles. The molecular weight excluding hydrogens is 466 g/mol. The number of hydrogen-bond acceptors (Lipinski definition) is 4. The summed E-state index contributed by atoms with van der Waals surface area (Å²) in [6.45, 7) is 3.91. The Kier molecular flexibility index (Phi) is 5.20. The topological polar surface area (TPSA) is 64.8 Å². The van der Waals surface area contributed by atoms with Crippen molar-refractivity contribution in [3.8, 4) is 16.9 Å². The molecule has 0 fully saturated rings. The molecule has 6 rings (SSSR count). The van der Waals surface area contributed by atoms with Crippen molar-refractivity contribution >= 4 is 31.6 Å². The molecule has 0 N–H and O–H groups in total. The molecule has 0 unspecified atom stereocenters. The number of benzene rings is 3. The highest BCUT2D eigenvalue weighted by Crippen LogP contribution is 2.35. The Morgan fingerprint density at radius 1 is 0.639 bits per heavy atom. The molecule has 6 aromatic rings. The minimum atomic E-state index is -3.74. The molecule has 0 saturated carbocycles. The predicted octanol–water partition coefficient (Wildman–Crippen LogP) is 6.69. The summed E-state index contributed by atoms with van der Waals surface area (Å²) >= 11 is 0. The molecule has 0 aliphatic heterocycles. The first kappa shape index (κ1) is 22.2. The fraction of sp³-hybridized carbons (Fsp3) is 0.0667. The fourth-order valence-electron chi connectivity index (χ4n) is 4.66. The summed E-state index contributed by atoms with van der Waals surface area (Å²) in [6, 6.07) is 29.0. The van der Waals surface area contributed by atoms with Crippen molar-refractivity contribution in [1.82, 2.24) is 14.5 Å². The van der Waals surface area contributed by atoms with E-state index in [9.17, 15) is 8.42 Å². The van der Waals surface area contributed by atoms with E-state index in [2.05, 4.69) is 51.8 Å². The molecule has 0 radical (unpaired) electrons. The van der Waals surface area contributed by atoms with Crippen molar-refractivity contribution < 1.29 is 8.42 Å². The molecule has 3 aromatic carbocycles. The number of aromatic nitrogens is 3. The minimum absolute atomic E-state index is 0.0562. The summed E-state index contributed by atoms with van der Waals surface area (Å²) in [5.41, 5.74) is 5.81. The summed E-state index contributed by atoms with van der Waals surface area (Å²) in [6.07, 6.45) is 3.35. The van der Waals surface area contributed by atoms with E-state index >= 15 is 0 Å². The van der Waals surface area contributed by atoms with Gasteiger partial charge in [-0.25, -0.2) is 18.4 Å². The quantitative estimate of drug-likeness (QED) is 0.277. The van der Waals surface area contributed by atoms with Crippen LogP contribution in [0.25, 0.3) is 38.8 Å². The highest BCUT2D eigenvalue weighted by Gasteiger charge is 2.20. The van der Waals surface area contributed by atoms with Gasteiger partial charge in [-0.2, -0.15) is 0 Å². The summed E-state index contributed by atoms with van der Waals surface area (Å²) in [5.74, 6) is 0.847. The van der Waals surface area contributed by atoms with Crippen molar-refractivity contribution in [1.29, 1.82) is 0 Å². The molecule has 0 spiro atoms. The van der Waals surface area contributed by atoms with Crippen LogP contribution in [0, 0.1) is 13.8 Å². The van der Waals surface area contributed by atoms with Crippen LogP contribution in [0.4, 0.5) is 0 Å². The van der Waals surface area contributed by atoms with Crippen LogP contribution in [0.15, 0.2) is 113 Å². The van der Waals surface area contributed by atoms with Crippen molar-refractivity contribution in [2.24, 2.45) is 0 Å². The van der Waals surface area contributed by atoms with Gasteiger partial charge in [0.05, 0.1) is 15.9 Å². The lowest BCUT2D eigenvalue weighted by molar-refractivity contribution is 0.592. The Labute approximate surface area is 209 Å². The second-order valence-electron chi connectivity index (χ2n) is 8.98. The van der Waals surface area contributed by atoms with Crippen LogP contribution in [0.1, 0.15) is 11.1 Å². The van der Waals surface area contributed by atoms with Crippen molar-refractivity contribution in [2.75, 3.05) is 0 Å². The average molecular weight is 490 g/mol. The highest BCUT2D eigenvalue weighted by molar-refractivity contribution is 7.91. The first-order valence-electron chi connectivity index (χ1n) is 11.7. The van der Waals surface area contributed by atoms with Gasteiger partial charge in [0, 0.05) is 23.2 Å². The van der Waals surface area contributed by atoms with Gasteiger partial charge in [0.15, 0.2) is 5.03 Å². The van der Waals surface area contributed by atoms with Gasteiger partial charge in [-0.1, -0.05) is 42.5 Å². The maximum Gasteiger partial charge on any atom is 0.223 e. The molecule has 0 aliphatic carbocycles. The van der Waals surface area contributed by atoms with Gasteiger partial charge in [-0.15, -0.1) is 0 Å². The molecule has 0 amide bonds. The van der Waals surface area contributed by atoms with E-state index in [1.54, 1.807) is 30.3 Å². The number of fused-ring (bicyclic) bond motifs is 3. The van der Waals surface area contributed by atoms with E-state index in [0.29, 0.717) is 0 Å². The molecule has 5 nitrogen and oxygen atoms in total. The van der Waals surface area contributed by atoms with E-state index in [0.717, 1.165) is 49.9 Å². The Hall–Kier alpha value is -4.29. The molecule has 0 aliphatic rings. The summed E-state index contributed by atoms with van der Waals surface area (Å²) < 4.78 is 28.8. The fourth-order valence-corrected chi connectivity index (χ4v) is 5.98. The number of nitrogens with zero attached hydrogens (tertiary/aromatic N) is 3. The zero-order valence-electron chi connectivity index (χ0n) is 19.9. The largest absolute Gasteiger partial charge is 0.294 e. The Morgan fingerprint density at radius 2 is 1.36 bits per heavy atom. The van der Waals surface area contributed by atoms with Crippen LogP contribution in [-0.2, 0) is 9.84 Å². The molecule has 6 heteroatoms. The van der Waals surface area contributed by atoms with Gasteiger partial charge in [-0.3, -0.25) is 4.57 Å². The molecule has 3 heterocycles. The van der Waals surface area contributed by atoms with Crippen LogP contribution < -0.4 is 0 Å². The second-order valence-corrected chi connectivity index (χ2v) is 10.9. The lowest BCUT2D eigenvalue weighted by atomic mass is 10.0. The van der Waals surface area contributed by atoms with Crippen molar-refractivity contribution in [2.45, 2.75) is 23.8 Å². The van der Waals surface area contributed by atoms with Crippen molar-refractivity contribution in [3.63, 3.8) is 0 Å². The van der Waals surface area contributed by atoms with Crippen LogP contribution >= 0.6 is 0 Å².